The second kappa shape index (κ2) is 8.15. The largest absolute Gasteiger partial charge is 0.385 e. The van der Waals surface area contributed by atoms with Gasteiger partial charge in [0.05, 0.1) is 5.69 Å². The molecule has 1 fully saturated rings. The van der Waals surface area contributed by atoms with Crippen LogP contribution in [-0.4, -0.2) is 37.7 Å². The highest BCUT2D eigenvalue weighted by molar-refractivity contribution is 6.01. The Kier molecular flexibility index (Phi) is 5.70. The Labute approximate surface area is 143 Å². The lowest BCUT2D eigenvalue weighted by molar-refractivity contribution is 0.161. The maximum absolute atomic E-state index is 12.6. The van der Waals surface area contributed by atoms with E-state index in [0.29, 0.717) is 0 Å². The third-order valence-electron chi connectivity index (χ3n) is 4.89. The van der Waals surface area contributed by atoms with E-state index < -0.39 is 0 Å². The summed E-state index contributed by atoms with van der Waals surface area (Å²) in [6, 6.07) is 14.2. The first-order valence-electron chi connectivity index (χ1n) is 8.80. The van der Waals surface area contributed by atoms with Gasteiger partial charge in [0, 0.05) is 32.2 Å². The number of amides is 2. The quantitative estimate of drug-likeness (QED) is 0.821. The number of anilines is 1. The van der Waals surface area contributed by atoms with Crippen LogP contribution in [0.4, 0.5) is 10.5 Å². The van der Waals surface area contributed by atoms with E-state index in [1.54, 1.807) is 7.11 Å². The van der Waals surface area contributed by atoms with Gasteiger partial charge in [0.25, 0.3) is 0 Å². The summed E-state index contributed by atoms with van der Waals surface area (Å²) < 4.78 is 5.12. The summed E-state index contributed by atoms with van der Waals surface area (Å²) in [6.07, 6.45) is 4.50. The van der Waals surface area contributed by atoms with Gasteiger partial charge in [-0.05, 0) is 43.1 Å². The molecule has 1 heterocycles. The standard InChI is InChI=1S/C20H26N2O2/c1-24-15-5-6-16-11-13-22(14-12-16)20(23)21-19-10-4-8-17-7-2-3-9-18(17)19/h2-4,7-10,16H,5-6,11-15H2,1H3,(H,21,23). The summed E-state index contributed by atoms with van der Waals surface area (Å²) in [5, 5.41) is 5.32. The second-order valence-electron chi connectivity index (χ2n) is 6.52. The SMILES string of the molecule is COCCCC1CCN(C(=O)Nc2cccc3ccccc23)CC1. The van der Waals surface area contributed by atoms with Crippen LogP contribution in [0.15, 0.2) is 42.5 Å². The van der Waals surface area contributed by atoms with Crippen LogP contribution in [0, 0.1) is 5.92 Å². The zero-order chi connectivity index (χ0) is 16.8. The molecule has 0 aromatic heterocycles. The molecule has 0 radical (unpaired) electrons. The number of hydrogen-bond donors (Lipinski definition) is 1. The molecule has 1 aliphatic rings. The Morgan fingerprint density at radius 1 is 1.17 bits per heavy atom. The Morgan fingerprint density at radius 2 is 1.92 bits per heavy atom. The first-order valence-corrected chi connectivity index (χ1v) is 8.80. The first kappa shape index (κ1) is 16.8. The number of likely N-dealkylation sites (tertiary alicyclic amines) is 1. The van der Waals surface area contributed by atoms with Crippen molar-refractivity contribution in [2.75, 3.05) is 32.1 Å². The normalized spacial score (nSPS) is 15.6. The Hall–Kier alpha value is -2.07. The fourth-order valence-corrected chi connectivity index (χ4v) is 3.47. The van der Waals surface area contributed by atoms with Crippen molar-refractivity contribution >= 4 is 22.5 Å². The van der Waals surface area contributed by atoms with Crippen LogP contribution in [0.1, 0.15) is 25.7 Å². The number of methoxy groups -OCH3 is 1. The van der Waals surface area contributed by atoms with Crippen molar-refractivity contribution in [3.63, 3.8) is 0 Å². The van der Waals surface area contributed by atoms with Crippen molar-refractivity contribution in [2.45, 2.75) is 25.7 Å². The van der Waals surface area contributed by atoms with Gasteiger partial charge in [0.15, 0.2) is 0 Å². The molecule has 0 spiro atoms. The van der Waals surface area contributed by atoms with Crippen molar-refractivity contribution < 1.29 is 9.53 Å². The average molecular weight is 326 g/mol. The molecule has 0 unspecified atom stereocenters. The minimum Gasteiger partial charge on any atom is -0.385 e. The summed E-state index contributed by atoms with van der Waals surface area (Å²) in [6.45, 7) is 2.52. The van der Waals surface area contributed by atoms with E-state index in [4.69, 9.17) is 4.74 Å². The molecule has 1 aliphatic heterocycles. The van der Waals surface area contributed by atoms with E-state index >= 15 is 0 Å². The molecule has 4 nitrogen and oxygen atoms in total. The lowest BCUT2D eigenvalue weighted by Crippen LogP contribution is -2.41. The van der Waals surface area contributed by atoms with Gasteiger partial charge in [-0.2, -0.15) is 0 Å². The second-order valence-corrected chi connectivity index (χ2v) is 6.52. The highest BCUT2D eigenvalue weighted by atomic mass is 16.5. The maximum Gasteiger partial charge on any atom is 0.321 e. The Bertz CT molecular complexity index is 673. The van der Waals surface area contributed by atoms with Gasteiger partial charge in [-0.25, -0.2) is 4.79 Å². The summed E-state index contributed by atoms with van der Waals surface area (Å²) in [5.41, 5.74) is 0.889. The number of carbonyl (C=O) groups excluding carboxylic acids is 1. The third-order valence-corrected chi connectivity index (χ3v) is 4.89. The fourth-order valence-electron chi connectivity index (χ4n) is 3.47. The minimum atomic E-state index is 0.0155. The van der Waals surface area contributed by atoms with E-state index in [-0.39, 0.29) is 6.03 Å². The molecule has 24 heavy (non-hydrogen) atoms. The van der Waals surface area contributed by atoms with Crippen LogP contribution < -0.4 is 5.32 Å². The lowest BCUT2D eigenvalue weighted by atomic mass is 9.92. The molecule has 3 rings (SSSR count). The maximum atomic E-state index is 12.6. The lowest BCUT2D eigenvalue weighted by Gasteiger charge is -2.32. The van der Waals surface area contributed by atoms with Gasteiger partial charge in [-0.1, -0.05) is 36.4 Å². The molecule has 0 saturated carbocycles. The minimum absolute atomic E-state index is 0.0155. The van der Waals surface area contributed by atoms with Crippen molar-refractivity contribution in [3.8, 4) is 0 Å². The molecule has 0 bridgehead atoms. The molecule has 128 valence electrons. The number of piperidine rings is 1. The van der Waals surface area contributed by atoms with Crippen LogP contribution >= 0.6 is 0 Å². The van der Waals surface area contributed by atoms with Gasteiger partial charge >= 0.3 is 6.03 Å². The number of nitrogens with one attached hydrogen (secondary N) is 1. The number of fused-ring (bicyclic) bond motifs is 1. The molecule has 0 atom stereocenters. The number of carbonyl (C=O) groups is 1. The molecule has 4 heteroatoms. The summed E-state index contributed by atoms with van der Waals surface area (Å²) in [4.78, 5) is 14.5. The van der Waals surface area contributed by atoms with Crippen LogP contribution in [0.3, 0.4) is 0 Å². The number of benzene rings is 2. The first-order chi connectivity index (χ1) is 11.8. The van der Waals surface area contributed by atoms with Gasteiger partial charge in [-0.15, -0.1) is 0 Å². The molecule has 0 aliphatic carbocycles. The van der Waals surface area contributed by atoms with E-state index in [0.717, 1.165) is 61.3 Å². The average Bonchev–Trinajstić information content (AvgIpc) is 2.63. The molecule has 1 saturated heterocycles. The Morgan fingerprint density at radius 3 is 2.71 bits per heavy atom. The van der Waals surface area contributed by atoms with Gasteiger partial charge in [0.1, 0.15) is 0 Å². The van der Waals surface area contributed by atoms with E-state index in [1.807, 2.05) is 35.2 Å². The third kappa shape index (κ3) is 4.06. The fraction of sp³-hybridized carbons (Fsp3) is 0.450. The Balaban J connectivity index is 1.56. The van der Waals surface area contributed by atoms with Crippen molar-refractivity contribution in [2.24, 2.45) is 5.92 Å². The zero-order valence-electron chi connectivity index (χ0n) is 14.3. The molecule has 2 aromatic rings. The monoisotopic (exact) mass is 326 g/mol. The molecular formula is C20H26N2O2. The zero-order valence-corrected chi connectivity index (χ0v) is 14.3. The summed E-state index contributed by atoms with van der Waals surface area (Å²) >= 11 is 0. The number of rotatable bonds is 5. The van der Waals surface area contributed by atoms with Gasteiger partial charge in [0.2, 0.25) is 0 Å². The van der Waals surface area contributed by atoms with Gasteiger partial charge < -0.3 is 15.0 Å². The van der Waals surface area contributed by atoms with Gasteiger partial charge in [-0.3, -0.25) is 0 Å². The number of hydrogen-bond acceptors (Lipinski definition) is 2. The summed E-state index contributed by atoms with van der Waals surface area (Å²) in [5.74, 6) is 0.724. The highest BCUT2D eigenvalue weighted by Gasteiger charge is 2.22. The van der Waals surface area contributed by atoms with Crippen molar-refractivity contribution in [1.29, 1.82) is 0 Å². The predicted molar refractivity (Wildman–Crippen MR) is 98.4 cm³/mol. The van der Waals surface area contributed by atoms with E-state index in [9.17, 15) is 4.79 Å². The molecule has 1 N–H and O–H groups in total. The number of nitrogens with zero attached hydrogens (tertiary/aromatic N) is 1. The molecule has 2 aromatic carbocycles. The topological polar surface area (TPSA) is 41.6 Å². The van der Waals surface area contributed by atoms with Crippen LogP contribution in [0.2, 0.25) is 0 Å². The molecule has 2 amide bonds. The highest BCUT2D eigenvalue weighted by Crippen LogP contribution is 2.25. The van der Waals surface area contributed by atoms with Crippen molar-refractivity contribution in [3.05, 3.63) is 42.5 Å². The summed E-state index contributed by atoms with van der Waals surface area (Å²) in [7, 11) is 1.75. The molecular weight excluding hydrogens is 300 g/mol. The van der Waals surface area contributed by atoms with Crippen LogP contribution in [0.5, 0.6) is 0 Å². The van der Waals surface area contributed by atoms with Crippen molar-refractivity contribution in [1.82, 2.24) is 4.90 Å². The van der Waals surface area contributed by atoms with Crippen LogP contribution in [-0.2, 0) is 4.74 Å². The van der Waals surface area contributed by atoms with E-state index in [2.05, 4.69) is 17.4 Å². The number of urea groups is 1. The van der Waals surface area contributed by atoms with Crippen LogP contribution in [0.25, 0.3) is 10.8 Å². The smallest absolute Gasteiger partial charge is 0.321 e. The van der Waals surface area contributed by atoms with E-state index in [1.165, 1.54) is 6.42 Å². The number of ether oxygens (including phenoxy) is 1. The predicted octanol–water partition coefficient (Wildman–Crippen LogP) is 4.51.